The summed E-state index contributed by atoms with van der Waals surface area (Å²) in [5.74, 6) is -0.619. The molecule has 5 heteroatoms. The Hall–Kier alpha value is -1.26. The van der Waals surface area contributed by atoms with Crippen molar-refractivity contribution in [2.45, 2.75) is 47.0 Å². The van der Waals surface area contributed by atoms with E-state index in [0.717, 1.165) is 6.42 Å². The molecule has 18 heavy (non-hydrogen) atoms. The molecule has 2 amide bonds. The molecule has 0 aromatic heterocycles. The molecular formula is C13H26N2O3. The van der Waals surface area contributed by atoms with E-state index >= 15 is 0 Å². The maximum Gasteiger partial charge on any atom is 0.314 e. The molecule has 1 unspecified atom stereocenters. The van der Waals surface area contributed by atoms with Crippen LogP contribution in [0.2, 0.25) is 0 Å². The van der Waals surface area contributed by atoms with Crippen molar-refractivity contribution < 1.29 is 14.7 Å². The molecule has 5 nitrogen and oxygen atoms in total. The van der Waals surface area contributed by atoms with Crippen molar-refractivity contribution in [1.29, 1.82) is 0 Å². The number of carbonyl (C=O) groups is 2. The highest BCUT2D eigenvalue weighted by Crippen LogP contribution is 2.16. The summed E-state index contributed by atoms with van der Waals surface area (Å²) in [4.78, 5) is 21.8. The Labute approximate surface area is 109 Å². The standard InChI is InChI=1S/C13H26N2O3/c1-10(5-6-11(16)17)9-15-12(18)14-8-7-13(2,3)4/h10H,5-9H2,1-4H3,(H,16,17)(H2,14,15,18). The van der Waals surface area contributed by atoms with Gasteiger partial charge in [0.05, 0.1) is 0 Å². The zero-order valence-corrected chi connectivity index (χ0v) is 11.9. The second-order valence-corrected chi connectivity index (χ2v) is 5.99. The van der Waals surface area contributed by atoms with Gasteiger partial charge < -0.3 is 15.7 Å². The van der Waals surface area contributed by atoms with E-state index in [1.807, 2.05) is 6.92 Å². The molecule has 0 aliphatic heterocycles. The molecule has 0 spiro atoms. The van der Waals surface area contributed by atoms with Crippen molar-refractivity contribution in [3.63, 3.8) is 0 Å². The van der Waals surface area contributed by atoms with E-state index in [1.165, 1.54) is 0 Å². The number of hydrogen-bond acceptors (Lipinski definition) is 2. The molecule has 1 atom stereocenters. The van der Waals surface area contributed by atoms with E-state index < -0.39 is 5.97 Å². The van der Waals surface area contributed by atoms with Gasteiger partial charge in [0.1, 0.15) is 0 Å². The molecule has 3 N–H and O–H groups in total. The summed E-state index contributed by atoms with van der Waals surface area (Å²) in [5.41, 5.74) is 0.210. The van der Waals surface area contributed by atoms with Crippen LogP contribution in [0.4, 0.5) is 4.79 Å². The molecule has 0 saturated carbocycles. The van der Waals surface area contributed by atoms with Gasteiger partial charge in [0.2, 0.25) is 0 Å². The minimum Gasteiger partial charge on any atom is -0.481 e. The Kier molecular flexibility index (Phi) is 7.39. The number of carbonyl (C=O) groups excluding carboxylic acids is 1. The summed E-state index contributed by atoms with van der Waals surface area (Å²) in [6, 6.07) is -0.179. The predicted molar refractivity (Wildman–Crippen MR) is 71.5 cm³/mol. The molecule has 0 fully saturated rings. The zero-order valence-electron chi connectivity index (χ0n) is 11.9. The van der Waals surface area contributed by atoms with Gasteiger partial charge in [-0.05, 0) is 24.2 Å². The monoisotopic (exact) mass is 258 g/mol. The van der Waals surface area contributed by atoms with E-state index in [1.54, 1.807) is 0 Å². The van der Waals surface area contributed by atoms with Crippen molar-refractivity contribution in [3.05, 3.63) is 0 Å². The number of hydrogen-bond donors (Lipinski definition) is 3. The van der Waals surface area contributed by atoms with Gasteiger partial charge >= 0.3 is 12.0 Å². The number of rotatable bonds is 7. The van der Waals surface area contributed by atoms with E-state index in [0.29, 0.717) is 19.5 Å². The fourth-order valence-corrected chi connectivity index (χ4v) is 1.35. The highest BCUT2D eigenvalue weighted by atomic mass is 16.4. The van der Waals surface area contributed by atoms with Crippen molar-refractivity contribution in [2.24, 2.45) is 11.3 Å². The van der Waals surface area contributed by atoms with Crippen molar-refractivity contribution in [3.8, 4) is 0 Å². The summed E-state index contributed by atoms with van der Waals surface area (Å²) in [6.07, 6.45) is 1.65. The van der Waals surface area contributed by atoms with Crippen LogP contribution in [0.3, 0.4) is 0 Å². The zero-order chi connectivity index (χ0) is 14.2. The average Bonchev–Trinajstić information content (AvgIpc) is 2.21. The number of carboxylic acids is 1. The van der Waals surface area contributed by atoms with Gasteiger partial charge in [-0.25, -0.2) is 4.79 Å². The van der Waals surface area contributed by atoms with Crippen LogP contribution >= 0.6 is 0 Å². The lowest BCUT2D eigenvalue weighted by Gasteiger charge is -2.18. The predicted octanol–water partition coefficient (Wildman–Crippen LogP) is 2.22. The highest BCUT2D eigenvalue weighted by Gasteiger charge is 2.11. The first kappa shape index (κ1) is 16.7. The molecule has 0 radical (unpaired) electrons. The SMILES string of the molecule is CC(CCC(=O)O)CNC(=O)NCCC(C)(C)C. The van der Waals surface area contributed by atoms with Crippen LogP contribution in [0.1, 0.15) is 47.0 Å². The average molecular weight is 258 g/mol. The molecule has 0 saturated heterocycles. The summed E-state index contributed by atoms with van der Waals surface area (Å²) in [6.45, 7) is 9.47. The maximum absolute atomic E-state index is 11.4. The molecule has 0 aliphatic carbocycles. The van der Waals surface area contributed by atoms with Gasteiger partial charge in [-0.1, -0.05) is 27.7 Å². The van der Waals surface area contributed by atoms with Crippen LogP contribution in [0, 0.1) is 11.3 Å². The summed E-state index contributed by atoms with van der Waals surface area (Å²) >= 11 is 0. The molecule has 0 bridgehead atoms. The fraction of sp³-hybridized carbons (Fsp3) is 0.846. The summed E-state index contributed by atoms with van der Waals surface area (Å²) in [5, 5.41) is 14.1. The molecule has 0 heterocycles. The van der Waals surface area contributed by atoms with E-state index in [2.05, 4.69) is 31.4 Å². The third-order valence-electron chi connectivity index (χ3n) is 2.62. The van der Waals surface area contributed by atoms with Crippen molar-refractivity contribution in [2.75, 3.05) is 13.1 Å². The first-order valence-corrected chi connectivity index (χ1v) is 6.44. The fourth-order valence-electron chi connectivity index (χ4n) is 1.35. The highest BCUT2D eigenvalue weighted by molar-refractivity contribution is 5.73. The van der Waals surface area contributed by atoms with Crippen LogP contribution in [0.25, 0.3) is 0 Å². The van der Waals surface area contributed by atoms with Crippen LogP contribution in [0.15, 0.2) is 0 Å². The Morgan fingerprint density at radius 1 is 1.22 bits per heavy atom. The minimum absolute atomic E-state index is 0.147. The van der Waals surface area contributed by atoms with E-state index in [9.17, 15) is 9.59 Å². The third kappa shape index (κ3) is 11.2. The molecule has 0 aromatic rings. The molecule has 106 valence electrons. The lowest BCUT2D eigenvalue weighted by atomic mass is 9.92. The number of nitrogens with one attached hydrogen (secondary N) is 2. The van der Waals surface area contributed by atoms with Gasteiger partial charge in [-0.2, -0.15) is 0 Å². The first-order chi connectivity index (χ1) is 8.20. The van der Waals surface area contributed by atoms with Gasteiger partial charge in [0, 0.05) is 19.5 Å². The Morgan fingerprint density at radius 2 is 1.83 bits per heavy atom. The number of amides is 2. The topological polar surface area (TPSA) is 78.4 Å². The number of urea groups is 1. The largest absolute Gasteiger partial charge is 0.481 e. The van der Waals surface area contributed by atoms with Crippen molar-refractivity contribution in [1.82, 2.24) is 10.6 Å². The second kappa shape index (κ2) is 7.95. The Morgan fingerprint density at radius 3 is 2.33 bits per heavy atom. The third-order valence-corrected chi connectivity index (χ3v) is 2.62. The van der Waals surface area contributed by atoms with Gasteiger partial charge in [-0.3, -0.25) is 4.79 Å². The summed E-state index contributed by atoms with van der Waals surface area (Å²) < 4.78 is 0. The molecule has 0 aliphatic rings. The van der Waals surface area contributed by atoms with Crippen molar-refractivity contribution >= 4 is 12.0 Å². The van der Waals surface area contributed by atoms with Gasteiger partial charge in [-0.15, -0.1) is 0 Å². The second-order valence-electron chi connectivity index (χ2n) is 5.99. The maximum atomic E-state index is 11.4. The Bertz CT molecular complexity index is 272. The minimum atomic E-state index is -0.795. The van der Waals surface area contributed by atoms with E-state index in [4.69, 9.17) is 5.11 Å². The lowest BCUT2D eigenvalue weighted by molar-refractivity contribution is -0.137. The Balaban J connectivity index is 3.61. The van der Waals surface area contributed by atoms with Crippen LogP contribution < -0.4 is 10.6 Å². The molecule has 0 rings (SSSR count). The number of aliphatic carboxylic acids is 1. The quantitative estimate of drug-likeness (QED) is 0.655. The van der Waals surface area contributed by atoms with E-state index in [-0.39, 0.29) is 23.8 Å². The van der Waals surface area contributed by atoms with Crippen LogP contribution in [-0.4, -0.2) is 30.2 Å². The molecular weight excluding hydrogens is 232 g/mol. The lowest BCUT2D eigenvalue weighted by Crippen LogP contribution is -2.39. The van der Waals surface area contributed by atoms with Gasteiger partial charge in [0.15, 0.2) is 0 Å². The first-order valence-electron chi connectivity index (χ1n) is 6.44. The van der Waals surface area contributed by atoms with Crippen LogP contribution in [0.5, 0.6) is 0 Å². The van der Waals surface area contributed by atoms with Crippen LogP contribution in [-0.2, 0) is 4.79 Å². The normalized spacial score (nSPS) is 12.9. The number of carboxylic acid groups (broad SMARTS) is 1. The van der Waals surface area contributed by atoms with Gasteiger partial charge in [0.25, 0.3) is 0 Å². The summed E-state index contributed by atoms with van der Waals surface area (Å²) in [7, 11) is 0. The smallest absolute Gasteiger partial charge is 0.314 e. The molecule has 0 aromatic carbocycles.